The van der Waals surface area contributed by atoms with E-state index in [-0.39, 0.29) is 10.7 Å². The number of anilines is 2. The lowest BCUT2D eigenvalue weighted by molar-refractivity contribution is -0.120. The third kappa shape index (κ3) is 4.77. The van der Waals surface area contributed by atoms with E-state index in [1.54, 1.807) is 60.7 Å². The van der Waals surface area contributed by atoms with Gasteiger partial charge in [-0.1, -0.05) is 42.3 Å². The van der Waals surface area contributed by atoms with Crippen molar-refractivity contribution in [1.29, 1.82) is 0 Å². The second-order valence-corrected chi connectivity index (χ2v) is 8.01. The predicted octanol–water partition coefficient (Wildman–Crippen LogP) is 5.56. The fourth-order valence-electron chi connectivity index (χ4n) is 3.23. The van der Waals surface area contributed by atoms with Gasteiger partial charge < -0.3 is 10.1 Å². The summed E-state index contributed by atoms with van der Waals surface area (Å²) in [4.78, 5) is 38.7. The number of carbonyl (C=O) groups is 3. The fourth-order valence-corrected chi connectivity index (χ4v) is 3.57. The average molecular weight is 481 g/mol. The van der Waals surface area contributed by atoms with Crippen LogP contribution in [0.25, 0.3) is 0 Å². The van der Waals surface area contributed by atoms with Crippen LogP contribution in [-0.2, 0) is 16.0 Å². The van der Waals surface area contributed by atoms with Gasteiger partial charge >= 0.3 is 5.97 Å². The molecule has 1 aliphatic heterocycles. The lowest BCUT2D eigenvalue weighted by atomic mass is 10.1. The molecule has 1 heterocycles. The van der Waals surface area contributed by atoms with Gasteiger partial charge in [0.2, 0.25) is 0 Å². The molecule has 3 aromatic carbocycles. The zero-order valence-electron chi connectivity index (χ0n) is 17.5. The largest absolute Gasteiger partial charge is 0.423 e. The van der Waals surface area contributed by atoms with Gasteiger partial charge in [0.1, 0.15) is 16.5 Å². The highest BCUT2D eigenvalue weighted by Crippen LogP contribution is 2.30. The monoisotopic (exact) mass is 480 g/mol. The van der Waals surface area contributed by atoms with Gasteiger partial charge in [-0.3, -0.25) is 9.59 Å². The molecule has 4 rings (SSSR count). The van der Waals surface area contributed by atoms with Crippen LogP contribution in [0.2, 0.25) is 5.02 Å². The Morgan fingerprint density at radius 3 is 2.12 bits per heavy atom. The van der Waals surface area contributed by atoms with E-state index in [2.05, 4.69) is 5.32 Å². The van der Waals surface area contributed by atoms with Gasteiger partial charge in [0.05, 0.1) is 11.3 Å². The Bertz CT molecular complexity index is 1250. The van der Waals surface area contributed by atoms with Crippen LogP contribution in [-0.4, -0.2) is 17.8 Å². The van der Waals surface area contributed by atoms with Crippen LogP contribution in [0.15, 0.2) is 83.5 Å². The molecule has 1 N–H and O–H groups in total. The van der Waals surface area contributed by atoms with E-state index in [4.69, 9.17) is 27.9 Å². The Balaban J connectivity index is 1.45. The van der Waals surface area contributed by atoms with E-state index in [0.29, 0.717) is 27.7 Å². The molecule has 2 amide bonds. The number of hydrogen-bond donors (Lipinski definition) is 1. The van der Waals surface area contributed by atoms with E-state index < -0.39 is 17.8 Å². The van der Waals surface area contributed by atoms with Crippen LogP contribution in [0.1, 0.15) is 22.8 Å². The second-order valence-electron chi connectivity index (χ2n) is 7.20. The molecule has 0 bridgehead atoms. The minimum absolute atomic E-state index is 0.0528. The molecule has 6 nitrogen and oxygen atoms in total. The smallest absolute Gasteiger partial charge is 0.343 e. The summed E-state index contributed by atoms with van der Waals surface area (Å²) < 4.78 is 5.39. The predicted molar refractivity (Wildman–Crippen MR) is 128 cm³/mol. The minimum atomic E-state index is -0.638. The third-order valence-corrected chi connectivity index (χ3v) is 5.65. The molecule has 0 saturated carbocycles. The molecule has 1 aliphatic rings. The van der Waals surface area contributed by atoms with Crippen molar-refractivity contribution in [2.45, 2.75) is 13.3 Å². The van der Waals surface area contributed by atoms with Crippen LogP contribution in [0.5, 0.6) is 5.75 Å². The van der Waals surface area contributed by atoms with Crippen molar-refractivity contribution in [1.82, 2.24) is 0 Å². The Labute approximate surface area is 200 Å². The van der Waals surface area contributed by atoms with Crippen molar-refractivity contribution in [2.24, 2.45) is 0 Å². The van der Waals surface area contributed by atoms with Crippen molar-refractivity contribution >= 4 is 52.4 Å². The molecule has 166 valence electrons. The van der Waals surface area contributed by atoms with Gasteiger partial charge in [-0.2, -0.15) is 0 Å². The third-order valence-electron chi connectivity index (χ3n) is 5.04. The number of nitrogens with one attached hydrogen (secondary N) is 1. The minimum Gasteiger partial charge on any atom is -0.423 e. The first-order chi connectivity index (χ1) is 15.9. The molecule has 0 aromatic heterocycles. The lowest BCUT2D eigenvalue weighted by Crippen LogP contribution is -2.32. The Kier molecular flexibility index (Phi) is 6.49. The number of aryl methyl sites for hydroxylation is 1. The Morgan fingerprint density at radius 2 is 1.52 bits per heavy atom. The molecule has 33 heavy (non-hydrogen) atoms. The highest BCUT2D eigenvalue weighted by molar-refractivity contribution is 6.53. The van der Waals surface area contributed by atoms with Crippen LogP contribution in [0, 0.1) is 0 Å². The molecule has 3 aromatic rings. The quantitative estimate of drug-likeness (QED) is 0.284. The number of carbonyl (C=O) groups excluding carboxylic acids is 3. The van der Waals surface area contributed by atoms with E-state index >= 15 is 0 Å². The number of esters is 1. The van der Waals surface area contributed by atoms with Crippen LogP contribution in [0.4, 0.5) is 11.4 Å². The summed E-state index contributed by atoms with van der Waals surface area (Å²) in [5.41, 5.74) is 2.26. The number of nitrogens with zero attached hydrogens (tertiary/aromatic N) is 1. The molecule has 8 heteroatoms. The SMILES string of the molecule is CCc1ccc(OC(=O)c2ccc(NC3=C(Cl)C(=O)N(c4ccc(Cl)cc4)C3=O)cc2)cc1. The number of halogens is 2. The van der Waals surface area contributed by atoms with Gasteiger partial charge in [-0.15, -0.1) is 0 Å². The van der Waals surface area contributed by atoms with E-state index in [9.17, 15) is 14.4 Å². The van der Waals surface area contributed by atoms with Crippen molar-refractivity contribution in [3.05, 3.63) is 99.7 Å². The number of benzene rings is 3. The van der Waals surface area contributed by atoms with Crippen molar-refractivity contribution in [2.75, 3.05) is 10.2 Å². The number of ether oxygens (including phenoxy) is 1. The van der Waals surface area contributed by atoms with E-state index in [1.165, 1.54) is 0 Å². The lowest BCUT2D eigenvalue weighted by Gasteiger charge is -2.15. The number of rotatable bonds is 6. The Morgan fingerprint density at radius 1 is 0.879 bits per heavy atom. The van der Waals surface area contributed by atoms with Gasteiger partial charge in [0.25, 0.3) is 11.8 Å². The molecule has 0 aliphatic carbocycles. The van der Waals surface area contributed by atoms with Crippen LogP contribution in [0.3, 0.4) is 0 Å². The molecule has 0 spiro atoms. The van der Waals surface area contributed by atoms with E-state index in [1.807, 2.05) is 19.1 Å². The molecule has 0 radical (unpaired) electrons. The molecular formula is C25H18Cl2N2O4. The maximum atomic E-state index is 12.8. The molecular weight excluding hydrogens is 463 g/mol. The van der Waals surface area contributed by atoms with Crippen molar-refractivity contribution < 1.29 is 19.1 Å². The summed E-state index contributed by atoms with van der Waals surface area (Å²) in [6.45, 7) is 2.05. The number of hydrogen-bond acceptors (Lipinski definition) is 5. The van der Waals surface area contributed by atoms with Gasteiger partial charge in [-0.05, 0) is 72.6 Å². The van der Waals surface area contributed by atoms with Gasteiger partial charge in [0.15, 0.2) is 0 Å². The second kappa shape index (κ2) is 9.48. The Hall–Kier alpha value is -3.61. The first-order valence-electron chi connectivity index (χ1n) is 10.1. The molecule has 0 atom stereocenters. The first kappa shape index (κ1) is 22.6. The summed E-state index contributed by atoms with van der Waals surface area (Å²) in [5.74, 6) is -1.29. The summed E-state index contributed by atoms with van der Waals surface area (Å²) in [6, 6.07) is 19.9. The standard InChI is InChI=1S/C25H18Cl2N2O4/c1-2-15-3-13-20(14-4-15)33-25(32)16-5-9-18(10-6-16)28-22-21(27)23(30)29(24(22)31)19-11-7-17(26)8-12-19/h3-14,28H,2H2,1H3. The van der Waals surface area contributed by atoms with Gasteiger partial charge in [-0.25, -0.2) is 9.69 Å². The number of amides is 2. The zero-order chi connectivity index (χ0) is 23.5. The van der Waals surface area contributed by atoms with Crippen molar-refractivity contribution in [3.63, 3.8) is 0 Å². The topological polar surface area (TPSA) is 75.7 Å². The molecule has 0 fully saturated rings. The highest BCUT2D eigenvalue weighted by atomic mass is 35.5. The molecule has 0 unspecified atom stereocenters. The fraction of sp³-hybridized carbons (Fsp3) is 0.0800. The normalized spacial score (nSPS) is 13.5. The summed E-state index contributed by atoms with van der Waals surface area (Å²) in [6.07, 6.45) is 0.898. The molecule has 0 saturated heterocycles. The highest BCUT2D eigenvalue weighted by Gasteiger charge is 2.38. The van der Waals surface area contributed by atoms with Gasteiger partial charge in [0, 0.05) is 10.7 Å². The summed E-state index contributed by atoms with van der Waals surface area (Å²) in [5, 5.41) is 3.12. The van der Waals surface area contributed by atoms with Crippen LogP contribution >= 0.6 is 23.2 Å². The van der Waals surface area contributed by atoms with Crippen molar-refractivity contribution in [3.8, 4) is 5.75 Å². The first-order valence-corrected chi connectivity index (χ1v) is 10.9. The number of imide groups is 1. The van der Waals surface area contributed by atoms with E-state index in [0.717, 1.165) is 16.9 Å². The maximum absolute atomic E-state index is 12.8. The average Bonchev–Trinajstić information content (AvgIpc) is 3.04. The maximum Gasteiger partial charge on any atom is 0.343 e. The summed E-state index contributed by atoms with van der Waals surface area (Å²) in [7, 11) is 0. The van der Waals surface area contributed by atoms with Crippen LogP contribution < -0.4 is 15.0 Å². The summed E-state index contributed by atoms with van der Waals surface area (Å²) >= 11 is 12.0. The zero-order valence-corrected chi connectivity index (χ0v) is 19.0.